The summed E-state index contributed by atoms with van der Waals surface area (Å²) in [5.74, 6) is -0.946. The van der Waals surface area contributed by atoms with Crippen molar-refractivity contribution in [2.75, 3.05) is 27.3 Å². The second-order valence-corrected chi connectivity index (χ2v) is 3.52. The summed E-state index contributed by atoms with van der Waals surface area (Å²) in [5.41, 5.74) is 5.38. The van der Waals surface area contributed by atoms with Crippen molar-refractivity contribution >= 4 is 5.97 Å². The number of hydrogen-bond donors (Lipinski definition) is 2. The summed E-state index contributed by atoms with van der Waals surface area (Å²) in [7, 11) is 3.57. The van der Waals surface area contributed by atoms with E-state index in [9.17, 15) is 4.79 Å². The highest BCUT2D eigenvalue weighted by Crippen LogP contribution is 1.99. The fourth-order valence-corrected chi connectivity index (χ4v) is 1.06. The molecule has 2 atom stereocenters. The van der Waals surface area contributed by atoms with Crippen molar-refractivity contribution in [2.24, 2.45) is 5.73 Å². The third-order valence-corrected chi connectivity index (χ3v) is 2.27. The number of rotatable bonds is 7. The lowest BCUT2D eigenvalue weighted by molar-refractivity contribution is -0.138. The van der Waals surface area contributed by atoms with Crippen LogP contribution in [0.4, 0.5) is 0 Å². The zero-order valence-electron chi connectivity index (χ0n) is 9.06. The molecule has 0 aromatic heterocycles. The van der Waals surface area contributed by atoms with Gasteiger partial charge in [-0.25, -0.2) is 0 Å². The molecule has 0 saturated carbocycles. The number of carboxylic acid groups (broad SMARTS) is 1. The maximum Gasteiger partial charge on any atom is 0.320 e. The lowest BCUT2D eigenvalue weighted by Gasteiger charge is -2.24. The third kappa shape index (κ3) is 5.16. The normalized spacial score (nSPS) is 15.5. The molecular weight excluding hydrogens is 184 g/mol. The molecule has 0 spiro atoms. The highest BCUT2D eigenvalue weighted by molar-refractivity contribution is 5.72. The number of carboxylic acids is 1. The Morgan fingerprint density at radius 3 is 2.64 bits per heavy atom. The molecule has 5 heteroatoms. The molecule has 2 unspecified atom stereocenters. The summed E-state index contributed by atoms with van der Waals surface area (Å²) in [6.45, 7) is 3.33. The fraction of sp³-hybridized carbons (Fsp3) is 0.889. The minimum Gasteiger partial charge on any atom is -0.480 e. The highest BCUT2D eigenvalue weighted by Gasteiger charge is 2.14. The van der Waals surface area contributed by atoms with Crippen LogP contribution in [0.3, 0.4) is 0 Å². The fourth-order valence-electron chi connectivity index (χ4n) is 1.06. The van der Waals surface area contributed by atoms with Crippen molar-refractivity contribution in [3.63, 3.8) is 0 Å². The van der Waals surface area contributed by atoms with Gasteiger partial charge in [-0.3, -0.25) is 4.79 Å². The quantitative estimate of drug-likeness (QED) is 0.598. The molecule has 84 valence electrons. The van der Waals surface area contributed by atoms with Crippen LogP contribution in [0, 0.1) is 0 Å². The van der Waals surface area contributed by atoms with Crippen LogP contribution in [0.5, 0.6) is 0 Å². The molecule has 0 radical (unpaired) electrons. The Morgan fingerprint density at radius 2 is 2.21 bits per heavy atom. The predicted molar refractivity (Wildman–Crippen MR) is 54.2 cm³/mol. The number of methoxy groups -OCH3 is 1. The number of nitrogens with two attached hydrogens (primary N) is 1. The van der Waals surface area contributed by atoms with Crippen LogP contribution in [0.2, 0.25) is 0 Å². The van der Waals surface area contributed by atoms with E-state index in [4.69, 9.17) is 15.6 Å². The Labute approximate surface area is 84.8 Å². The lowest BCUT2D eigenvalue weighted by atomic mass is 10.2. The SMILES string of the molecule is COCC(C)N(C)CCC(N)C(=O)O. The molecule has 5 nitrogen and oxygen atoms in total. The van der Waals surface area contributed by atoms with Crippen molar-refractivity contribution in [1.29, 1.82) is 0 Å². The summed E-state index contributed by atoms with van der Waals surface area (Å²) in [4.78, 5) is 12.5. The summed E-state index contributed by atoms with van der Waals surface area (Å²) in [6, 6.07) is -0.492. The van der Waals surface area contributed by atoms with Gasteiger partial charge in [0.15, 0.2) is 0 Å². The largest absolute Gasteiger partial charge is 0.480 e. The standard InChI is InChI=1S/C9H20N2O3/c1-7(6-14-3)11(2)5-4-8(10)9(12)13/h7-8H,4-6,10H2,1-3H3,(H,12,13). The second kappa shape index (κ2) is 6.75. The van der Waals surface area contributed by atoms with E-state index in [0.29, 0.717) is 19.6 Å². The van der Waals surface area contributed by atoms with Gasteiger partial charge in [0.2, 0.25) is 0 Å². The monoisotopic (exact) mass is 204 g/mol. The maximum absolute atomic E-state index is 10.4. The first-order valence-electron chi connectivity index (χ1n) is 4.66. The van der Waals surface area contributed by atoms with Crippen molar-refractivity contribution in [2.45, 2.75) is 25.4 Å². The molecule has 0 aromatic rings. The zero-order valence-corrected chi connectivity index (χ0v) is 9.06. The molecule has 0 saturated heterocycles. The molecule has 0 aromatic carbocycles. The van der Waals surface area contributed by atoms with Crippen LogP contribution in [0.1, 0.15) is 13.3 Å². The van der Waals surface area contributed by atoms with Gasteiger partial charge >= 0.3 is 5.97 Å². The average molecular weight is 204 g/mol. The van der Waals surface area contributed by atoms with Gasteiger partial charge in [-0.1, -0.05) is 0 Å². The number of nitrogens with zero attached hydrogens (tertiary/aromatic N) is 1. The lowest BCUT2D eigenvalue weighted by Crippen LogP contribution is -2.38. The average Bonchev–Trinajstić information content (AvgIpc) is 2.13. The predicted octanol–water partition coefficient (Wildman–Crippen LogP) is -0.245. The first-order valence-corrected chi connectivity index (χ1v) is 4.66. The van der Waals surface area contributed by atoms with E-state index in [-0.39, 0.29) is 6.04 Å². The van der Waals surface area contributed by atoms with Gasteiger partial charge in [-0.2, -0.15) is 0 Å². The molecule has 0 heterocycles. The van der Waals surface area contributed by atoms with Crippen LogP contribution in [-0.4, -0.2) is 55.4 Å². The van der Waals surface area contributed by atoms with Gasteiger partial charge in [0, 0.05) is 19.7 Å². The topological polar surface area (TPSA) is 75.8 Å². The van der Waals surface area contributed by atoms with Gasteiger partial charge < -0.3 is 20.5 Å². The van der Waals surface area contributed by atoms with Crippen LogP contribution >= 0.6 is 0 Å². The number of ether oxygens (including phenoxy) is 1. The van der Waals surface area contributed by atoms with Crippen LogP contribution in [0.25, 0.3) is 0 Å². The Balaban J connectivity index is 3.72. The highest BCUT2D eigenvalue weighted by atomic mass is 16.5. The maximum atomic E-state index is 10.4. The van der Waals surface area contributed by atoms with Gasteiger partial charge in [0.25, 0.3) is 0 Å². The molecule has 3 N–H and O–H groups in total. The van der Waals surface area contributed by atoms with E-state index in [1.54, 1.807) is 7.11 Å². The van der Waals surface area contributed by atoms with Crippen molar-refractivity contribution in [1.82, 2.24) is 4.90 Å². The Bertz CT molecular complexity index is 175. The van der Waals surface area contributed by atoms with Crippen molar-refractivity contribution < 1.29 is 14.6 Å². The van der Waals surface area contributed by atoms with E-state index in [0.717, 1.165) is 0 Å². The van der Waals surface area contributed by atoms with Crippen LogP contribution in [-0.2, 0) is 9.53 Å². The number of carbonyl (C=O) groups is 1. The zero-order chi connectivity index (χ0) is 11.1. The number of aliphatic carboxylic acids is 1. The first-order chi connectivity index (χ1) is 6.49. The second-order valence-electron chi connectivity index (χ2n) is 3.52. The Morgan fingerprint density at radius 1 is 1.64 bits per heavy atom. The minimum atomic E-state index is -0.946. The number of likely N-dealkylation sites (N-methyl/N-ethyl adjacent to an activating group) is 1. The summed E-state index contributed by atoms with van der Waals surface area (Å²) in [5, 5.41) is 8.57. The molecule has 0 aliphatic heterocycles. The van der Waals surface area contributed by atoms with Crippen molar-refractivity contribution in [3.05, 3.63) is 0 Å². The molecule has 0 amide bonds. The molecule has 0 fully saturated rings. The molecule has 0 bridgehead atoms. The Hall–Kier alpha value is -0.650. The summed E-state index contributed by atoms with van der Waals surface area (Å²) in [6.07, 6.45) is 0.458. The summed E-state index contributed by atoms with van der Waals surface area (Å²) < 4.78 is 4.99. The molecule has 14 heavy (non-hydrogen) atoms. The summed E-state index contributed by atoms with van der Waals surface area (Å²) >= 11 is 0. The van der Waals surface area contributed by atoms with E-state index in [1.807, 2.05) is 18.9 Å². The Kier molecular flexibility index (Phi) is 6.44. The molecule has 0 aliphatic carbocycles. The first kappa shape index (κ1) is 13.4. The molecular formula is C9H20N2O3. The van der Waals surface area contributed by atoms with Gasteiger partial charge in [-0.15, -0.1) is 0 Å². The van der Waals surface area contributed by atoms with Crippen molar-refractivity contribution in [3.8, 4) is 0 Å². The molecule has 0 aliphatic rings. The third-order valence-electron chi connectivity index (χ3n) is 2.27. The van der Waals surface area contributed by atoms with Gasteiger partial charge in [0.1, 0.15) is 6.04 Å². The minimum absolute atomic E-state index is 0.279. The van der Waals surface area contributed by atoms with Gasteiger partial charge in [-0.05, 0) is 20.4 Å². The van der Waals surface area contributed by atoms with Gasteiger partial charge in [0.05, 0.1) is 6.61 Å². The van der Waals surface area contributed by atoms with E-state index < -0.39 is 12.0 Å². The molecule has 0 rings (SSSR count). The number of hydrogen-bond acceptors (Lipinski definition) is 4. The smallest absolute Gasteiger partial charge is 0.320 e. The van der Waals surface area contributed by atoms with E-state index in [2.05, 4.69) is 0 Å². The van der Waals surface area contributed by atoms with Crippen LogP contribution in [0.15, 0.2) is 0 Å². The van der Waals surface area contributed by atoms with Crippen LogP contribution < -0.4 is 5.73 Å². The van der Waals surface area contributed by atoms with E-state index >= 15 is 0 Å². The van der Waals surface area contributed by atoms with E-state index in [1.165, 1.54) is 0 Å².